The summed E-state index contributed by atoms with van der Waals surface area (Å²) < 4.78 is 0. The molecule has 0 aliphatic carbocycles. The number of aromatic nitrogens is 1. The second kappa shape index (κ2) is 8.28. The molecule has 1 aromatic rings. The summed E-state index contributed by atoms with van der Waals surface area (Å²) in [5.74, 6) is 0. The Balaban J connectivity index is 0. The second-order valence-corrected chi connectivity index (χ2v) is 4.52. The third-order valence-corrected chi connectivity index (χ3v) is 2.60. The van der Waals surface area contributed by atoms with Crippen LogP contribution in [0.15, 0.2) is 10.5 Å². The minimum Gasteiger partial charge on any atom is -0.392 e. The molecule has 94 valence electrons. The van der Waals surface area contributed by atoms with E-state index in [1.807, 2.05) is 27.7 Å². The van der Waals surface area contributed by atoms with Gasteiger partial charge in [0, 0.05) is 17.5 Å². The van der Waals surface area contributed by atoms with Gasteiger partial charge in [-0.1, -0.05) is 20.0 Å². The molecule has 0 saturated heterocycles. The van der Waals surface area contributed by atoms with Crippen molar-refractivity contribution in [1.82, 2.24) is 4.98 Å². The average molecular weight is 244 g/mol. The van der Waals surface area contributed by atoms with Crippen LogP contribution < -0.4 is 0 Å². The number of oxime groups is 1. The van der Waals surface area contributed by atoms with Gasteiger partial charge in [-0.15, -0.1) is 11.3 Å². The Hall–Kier alpha value is -0.900. The van der Waals surface area contributed by atoms with Crippen LogP contribution in [-0.2, 0) is 4.84 Å². The van der Waals surface area contributed by atoms with Crippen LogP contribution in [0.25, 0.3) is 0 Å². The highest BCUT2D eigenvalue weighted by molar-refractivity contribution is 7.09. The molecule has 1 aliphatic rings. The van der Waals surface area contributed by atoms with Gasteiger partial charge in [0.2, 0.25) is 0 Å². The second-order valence-electron chi connectivity index (χ2n) is 3.45. The first-order valence-electron chi connectivity index (χ1n) is 4.66. The molecular weight excluding hydrogens is 220 g/mol. The molecule has 3 nitrogen and oxygen atoms in total. The predicted molar refractivity (Wildman–Crippen MR) is 73.3 cm³/mol. The van der Waals surface area contributed by atoms with Crippen molar-refractivity contribution in [3.8, 4) is 0 Å². The van der Waals surface area contributed by atoms with Crippen LogP contribution in [-0.4, -0.2) is 16.8 Å². The molecule has 2 rings (SSSR count). The molecule has 0 saturated carbocycles. The summed E-state index contributed by atoms with van der Waals surface area (Å²) in [7, 11) is 0. The van der Waals surface area contributed by atoms with Gasteiger partial charge in [-0.25, -0.2) is 4.98 Å². The van der Waals surface area contributed by atoms with Gasteiger partial charge in [-0.05, 0) is 27.7 Å². The van der Waals surface area contributed by atoms with E-state index in [1.54, 1.807) is 11.3 Å². The average Bonchev–Trinajstić information content (AvgIpc) is 2.63. The molecule has 1 aliphatic heterocycles. The van der Waals surface area contributed by atoms with Crippen LogP contribution >= 0.6 is 11.3 Å². The first kappa shape index (κ1) is 17.5. The van der Waals surface area contributed by atoms with Crippen molar-refractivity contribution >= 4 is 17.0 Å². The summed E-state index contributed by atoms with van der Waals surface area (Å²) in [6.45, 7) is 8.00. The fourth-order valence-electron chi connectivity index (χ4n) is 1.14. The lowest BCUT2D eigenvalue weighted by atomic mass is 10.2. The van der Waals surface area contributed by atoms with Gasteiger partial charge in [-0.3, -0.25) is 0 Å². The van der Waals surface area contributed by atoms with E-state index in [9.17, 15) is 0 Å². The maximum atomic E-state index is 4.85. The Labute approximate surface area is 104 Å². The maximum Gasteiger partial charge on any atom is 0.130 e. The molecule has 0 radical (unpaired) electrons. The Bertz CT molecular complexity index is 304. The van der Waals surface area contributed by atoms with Gasteiger partial charge in [0.25, 0.3) is 0 Å². The number of rotatable bonds is 0. The largest absolute Gasteiger partial charge is 0.392 e. The topological polar surface area (TPSA) is 34.5 Å². The molecule has 1 atom stereocenters. The lowest BCUT2D eigenvalue weighted by Crippen LogP contribution is -1.97. The minimum absolute atomic E-state index is 0. The highest BCUT2D eigenvalue weighted by Gasteiger charge is 2.10. The summed E-state index contributed by atoms with van der Waals surface area (Å²) >= 11 is 1.69. The molecule has 1 aromatic heterocycles. The van der Waals surface area contributed by atoms with Crippen LogP contribution in [0, 0.1) is 13.8 Å². The van der Waals surface area contributed by atoms with E-state index >= 15 is 0 Å². The van der Waals surface area contributed by atoms with Crippen LogP contribution in [0.5, 0.6) is 0 Å². The van der Waals surface area contributed by atoms with Crippen LogP contribution in [0.4, 0.5) is 0 Å². The number of aryl methyl sites for hydroxylation is 2. The molecular formula is C12H24N2OS. The zero-order chi connectivity index (χ0) is 10.6. The smallest absolute Gasteiger partial charge is 0.130 e. The number of hydrogen-bond acceptors (Lipinski definition) is 4. The van der Waals surface area contributed by atoms with E-state index in [-0.39, 0.29) is 14.9 Å². The molecule has 0 N–H and O–H groups in total. The van der Waals surface area contributed by atoms with E-state index in [4.69, 9.17) is 4.84 Å². The minimum atomic E-state index is 0. The highest BCUT2D eigenvalue weighted by Crippen LogP contribution is 2.07. The molecule has 0 aromatic carbocycles. The van der Waals surface area contributed by atoms with Crippen molar-refractivity contribution < 1.29 is 4.84 Å². The van der Waals surface area contributed by atoms with E-state index < -0.39 is 0 Å². The summed E-state index contributed by atoms with van der Waals surface area (Å²) in [6.07, 6.45) is 1.32. The normalized spacial score (nSPS) is 17.0. The SMILES string of the molecule is C.C.CC1=NOC(C)C1.Cc1csc(C)n1. The molecule has 0 spiro atoms. The van der Waals surface area contributed by atoms with E-state index in [0.717, 1.165) is 22.8 Å². The molecule has 0 amide bonds. The first-order chi connectivity index (χ1) is 6.58. The third kappa shape index (κ3) is 6.56. The molecule has 1 unspecified atom stereocenters. The zero-order valence-corrected chi connectivity index (χ0v) is 9.89. The highest BCUT2D eigenvalue weighted by atomic mass is 32.1. The van der Waals surface area contributed by atoms with Crippen LogP contribution in [0.2, 0.25) is 0 Å². The Morgan fingerprint density at radius 2 is 1.94 bits per heavy atom. The van der Waals surface area contributed by atoms with Gasteiger partial charge in [-0.2, -0.15) is 0 Å². The lowest BCUT2D eigenvalue weighted by Gasteiger charge is -1.93. The van der Waals surface area contributed by atoms with E-state index in [0.29, 0.717) is 6.10 Å². The summed E-state index contributed by atoms with van der Waals surface area (Å²) in [6, 6.07) is 0. The number of nitrogens with zero attached hydrogens (tertiary/aromatic N) is 2. The Morgan fingerprint density at radius 3 is 2.06 bits per heavy atom. The third-order valence-electron chi connectivity index (χ3n) is 1.71. The van der Waals surface area contributed by atoms with Crippen molar-refractivity contribution in [2.45, 2.75) is 55.1 Å². The zero-order valence-electron chi connectivity index (χ0n) is 9.07. The maximum absolute atomic E-state index is 4.85. The van der Waals surface area contributed by atoms with Gasteiger partial charge in [0.1, 0.15) is 6.10 Å². The quantitative estimate of drug-likeness (QED) is 0.685. The van der Waals surface area contributed by atoms with Gasteiger partial charge >= 0.3 is 0 Å². The molecule has 4 heteroatoms. The van der Waals surface area contributed by atoms with E-state index in [1.165, 1.54) is 0 Å². The van der Waals surface area contributed by atoms with Crippen molar-refractivity contribution in [2.75, 3.05) is 0 Å². The molecule has 2 heterocycles. The summed E-state index contributed by atoms with van der Waals surface area (Å²) in [4.78, 5) is 8.98. The molecule has 0 fully saturated rings. The molecule has 16 heavy (non-hydrogen) atoms. The van der Waals surface area contributed by atoms with Gasteiger partial charge in [0.15, 0.2) is 0 Å². The summed E-state index contributed by atoms with van der Waals surface area (Å²) in [5, 5.41) is 6.94. The fraction of sp³-hybridized carbons (Fsp3) is 0.667. The van der Waals surface area contributed by atoms with Gasteiger partial charge < -0.3 is 4.84 Å². The van der Waals surface area contributed by atoms with Crippen molar-refractivity contribution in [2.24, 2.45) is 5.16 Å². The monoisotopic (exact) mass is 244 g/mol. The lowest BCUT2D eigenvalue weighted by molar-refractivity contribution is 0.0995. The predicted octanol–water partition coefficient (Wildman–Crippen LogP) is 4.20. The van der Waals surface area contributed by atoms with Crippen LogP contribution in [0.1, 0.15) is 45.8 Å². The Kier molecular flexibility index (Phi) is 9.05. The molecule has 0 bridgehead atoms. The standard InChI is InChI=1S/C5H9NO.C5H7NS.2CH4/c1-4-3-5(2)7-6-4;1-4-3-7-5(2)6-4;;/h5H,3H2,1-2H3;3H,1-2H3;2*1H4. The summed E-state index contributed by atoms with van der Waals surface area (Å²) in [5.41, 5.74) is 2.23. The first-order valence-corrected chi connectivity index (χ1v) is 5.54. The van der Waals surface area contributed by atoms with E-state index in [2.05, 4.69) is 15.5 Å². The van der Waals surface area contributed by atoms with Crippen molar-refractivity contribution in [3.05, 3.63) is 16.1 Å². The van der Waals surface area contributed by atoms with Crippen molar-refractivity contribution in [3.63, 3.8) is 0 Å². The van der Waals surface area contributed by atoms with Crippen molar-refractivity contribution in [1.29, 1.82) is 0 Å². The van der Waals surface area contributed by atoms with Crippen LogP contribution in [0.3, 0.4) is 0 Å². The van der Waals surface area contributed by atoms with Gasteiger partial charge in [0.05, 0.1) is 10.7 Å². The Morgan fingerprint density at radius 1 is 1.31 bits per heavy atom. The number of thiazole rings is 1. The number of hydrogen-bond donors (Lipinski definition) is 0. The fourth-order valence-corrected chi connectivity index (χ4v) is 1.73.